The van der Waals surface area contributed by atoms with E-state index in [1.807, 2.05) is 0 Å². The van der Waals surface area contributed by atoms with Crippen molar-refractivity contribution in [1.82, 2.24) is 0 Å². The second kappa shape index (κ2) is 5.67. The molecule has 5 nitrogen and oxygen atoms in total. The molecule has 0 heterocycles. The third-order valence-corrected chi connectivity index (χ3v) is 2.55. The molecule has 0 aliphatic heterocycles. The molecule has 0 spiro atoms. The number of hydrogen-bond acceptors (Lipinski definition) is 4. The minimum absolute atomic E-state index is 0.0190. The Hall–Kier alpha value is -1.57. The van der Waals surface area contributed by atoms with Crippen molar-refractivity contribution in [1.29, 1.82) is 0 Å². The molecule has 0 aliphatic carbocycles. The van der Waals surface area contributed by atoms with Crippen LogP contribution < -0.4 is 4.74 Å². The Morgan fingerprint density at radius 2 is 2.12 bits per heavy atom. The molecule has 92 valence electrons. The first-order valence-electron chi connectivity index (χ1n) is 4.28. The summed E-state index contributed by atoms with van der Waals surface area (Å²) in [4.78, 5) is 19.4. The monoisotopic (exact) mass is 309 g/mol. The summed E-state index contributed by atoms with van der Waals surface area (Å²) in [5, 5.41) is 10.5. The Kier molecular flexibility index (Phi) is 4.50. The first kappa shape index (κ1) is 13.5. The standard InChI is InChI=1S/C9H6BrF2NO4/c10-7(4-14)6-3-5(13(15)16)1-2-8(6)17-9(11)12/h1-4,7,9H/t7-/m1/s1. The third kappa shape index (κ3) is 3.45. The molecule has 1 atom stereocenters. The van der Waals surface area contributed by atoms with Gasteiger partial charge in [-0.2, -0.15) is 8.78 Å². The van der Waals surface area contributed by atoms with Crippen LogP contribution in [0.15, 0.2) is 18.2 Å². The molecule has 1 aromatic rings. The van der Waals surface area contributed by atoms with E-state index in [-0.39, 0.29) is 17.0 Å². The van der Waals surface area contributed by atoms with Crippen molar-refractivity contribution in [2.45, 2.75) is 11.4 Å². The molecule has 0 N–H and O–H groups in total. The highest BCUT2D eigenvalue weighted by Gasteiger charge is 2.19. The number of halogens is 3. The summed E-state index contributed by atoms with van der Waals surface area (Å²) in [7, 11) is 0. The molecular formula is C9H6BrF2NO4. The van der Waals surface area contributed by atoms with Crippen molar-refractivity contribution in [2.75, 3.05) is 0 Å². The topological polar surface area (TPSA) is 69.4 Å². The first-order chi connectivity index (χ1) is 7.95. The molecule has 0 aromatic heterocycles. The Morgan fingerprint density at radius 1 is 1.47 bits per heavy atom. The molecule has 0 saturated carbocycles. The second-order valence-electron chi connectivity index (χ2n) is 2.90. The smallest absolute Gasteiger partial charge is 0.387 e. The van der Waals surface area contributed by atoms with E-state index >= 15 is 0 Å². The zero-order chi connectivity index (χ0) is 13.0. The maximum Gasteiger partial charge on any atom is 0.387 e. The van der Waals surface area contributed by atoms with Crippen LogP contribution in [0.3, 0.4) is 0 Å². The van der Waals surface area contributed by atoms with Gasteiger partial charge in [-0.05, 0) is 6.07 Å². The van der Waals surface area contributed by atoms with E-state index in [2.05, 4.69) is 20.7 Å². The summed E-state index contributed by atoms with van der Waals surface area (Å²) >= 11 is 2.89. The number of hydrogen-bond donors (Lipinski definition) is 0. The maximum atomic E-state index is 12.1. The van der Waals surface area contributed by atoms with Crippen LogP contribution in [-0.4, -0.2) is 17.8 Å². The lowest BCUT2D eigenvalue weighted by Crippen LogP contribution is -2.06. The number of rotatable bonds is 5. The Morgan fingerprint density at radius 3 is 2.59 bits per heavy atom. The Balaban J connectivity index is 3.20. The fourth-order valence-electron chi connectivity index (χ4n) is 1.14. The van der Waals surface area contributed by atoms with E-state index in [1.54, 1.807) is 0 Å². The molecule has 0 amide bonds. The van der Waals surface area contributed by atoms with Crippen molar-refractivity contribution in [2.24, 2.45) is 0 Å². The molecule has 1 rings (SSSR count). The predicted octanol–water partition coefficient (Wildman–Crippen LogP) is 2.83. The van der Waals surface area contributed by atoms with E-state index in [4.69, 9.17) is 0 Å². The van der Waals surface area contributed by atoms with E-state index in [0.29, 0.717) is 6.29 Å². The summed E-state index contributed by atoms with van der Waals surface area (Å²) in [6.45, 7) is -3.07. The van der Waals surface area contributed by atoms with Gasteiger partial charge in [-0.3, -0.25) is 10.1 Å². The molecular weight excluding hydrogens is 304 g/mol. The van der Waals surface area contributed by atoms with Gasteiger partial charge in [-0.15, -0.1) is 0 Å². The molecule has 8 heteroatoms. The Bertz CT molecular complexity index is 441. The minimum atomic E-state index is -3.07. The van der Waals surface area contributed by atoms with E-state index in [0.717, 1.165) is 18.2 Å². The number of benzene rings is 1. The molecule has 0 fully saturated rings. The normalized spacial score (nSPS) is 12.2. The van der Waals surface area contributed by atoms with Gasteiger partial charge in [0.1, 0.15) is 12.0 Å². The molecule has 0 bridgehead atoms. The summed E-state index contributed by atoms with van der Waals surface area (Å²) in [6, 6.07) is 3.05. The quantitative estimate of drug-likeness (QED) is 0.363. The molecule has 1 aromatic carbocycles. The van der Waals surface area contributed by atoms with E-state index in [1.165, 1.54) is 0 Å². The van der Waals surface area contributed by atoms with Crippen LogP contribution in [0.5, 0.6) is 5.75 Å². The van der Waals surface area contributed by atoms with Crippen molar-refractivity contribution in [3.63, 3.8) is 0 Å². The highest BCUT2D eigenvalue weighted by atomic mass is 79.9. The highest BCUT2D eigenvalue weighted by Crippen LogP contribution is 2.33. The van der Waals surface area contributed by atoms with Crippen molar-refractivity contribution in [3.05, 3.63) is 33.9 Å². The van der Waals surface area contributed by atoms with E-state index in [9.17, 15) is 23.7 Å². The fraction of sp³-hybridized carbons (Fsp3) is 0.222. The summed E-state index contributed by atoms with van der Waals surface area (Å²) < 4.78 is 28.3. The van der Waals surface area contributed by atoms with Crippen LogP contribution in [0, 0.1) is 10.1 Å². The van der Waals surface area contributed by atoms with Gasteiger partial charge in [0, 0.05) is 17.7 Å². The molecule has 0 saturated heterocycles. The molecule has 0 aliphatic rings. The van der Waals surface area contributed by atoms with Crippen molar-refractivity contribution in [3.8, 4) is 5.75 Å². The number of nitro benzene ring substituents is 1. The highest BCUT2D eigenvalue weighted by molar-refractivity contribution is 9.09. The maximum absolute atomic E-state index is 12.1. The Labute approximate surface area is 103 Å². The van der Waals surface area contributed by atoms with Gasteiger partial charge in [0.25, 0.3) is 5.69 Å². The lowest BCUT2D eigenvalue weighted by Gasteiger charge is -2.11. The number of alkyl halides is 3. The average Bonchev–Trinajstić information content (AvgIpc) is 2.27. The summed E-state index contributed by atoms with van der Waals surface area (Å²) in [6.07, 6.45) is 0.414. The third-order valence-electron chi connectivity index (χ3n) is 1.84. The first-order valence-corrected chi connectivity index (χ1v) is 5.19. The van der Waals surface area contributed by atoms with Crippen LogP contribution >= 0.6 is 15.9 Å². The van der Waals surface area contributed by atoms with Crippen molar-refractivity contribution < 1.29 is 23.2 Å². The van der Waals surface area contributed by atoms with Crippen LogP contribution in [0.4, 0.5) is 14.5 Å². The summed E-state index contributed by atoms with van der Waals surface area (Å²) in [5.41, 5.74) is -0.331. The number of nitro groups is 1. The average molecular weight is 310 g/mol. The van der Waals surface area contributed by atoms with Gasteiger partial charge >= 0.3 is 6.61 Å². The van der Waals surface area contributed by atoms with Crippen LogP contribution in [0.25, 0.3) is 0 Å². The van der Waals surface area contributed by atoms with Crippen LogP contribution in [0.2, 0.25) is 0 Å². The van der Waals surface area contributed by atoms with Crippen molar-refractivity contribution >= 4 is 27.9 Å². The fourth-order valence-corrected chi connectivity index (χ4v) is 1.50. The summed E-state index contributed by atoms with van der Waals surface area (Å²) in [5.74, 6) is -0.278. The van der Waals surface area contributed by atoms with Gasteiger partial charge in [0.05, 0.1) is 9.75 Å². The number of carbonyl (C=O) groups is 1. The van der Waals surface area contributed by atoms with Gasteiger partial charge in [0.2, 0.25) is 0 Å². The molecule has 0 radical (unpaired) electrons. The number of aldehydes is 1. The number of nitrogens with zero attached hydrogens (tertiary/aromatic N) is 1. The predicted molar refractivity (Wildman–Crippen MR) is 57.5 cm³/mol. The van der Waals surface area contributed by atoms with Crippen LogP contribution in [0.1, 0.15) is 10.4 Å². The van der Waals surface area contributed by atoms with Gasteiger partial charge in [0.15, 0.2) is 0 Å². The second-order valence-corrected chi connectivity index (χ2v) is 3.88. The number of carbonyl (C=O) groups excluding carboxylic acids is 1. The molecule has 0 unspecified atom stereocenters. The SMILES string of the molecule is O=C[C@@H](Br)c1cc([N+](=O)[O-])ccc1OC(F)F. The lowest BCUT2D eigenvalue weighted by atomic mass is 10.1. The van der Waals surface area contributed by atoms with Gasteiger partial charge in [-0.25, -0.2) is 0 Å². The number of non-ortho nitro benzene ring substituents is 1. The minimum Gasteiger partial charge on any atom is -0.434 e. The van der Waals surface area contributed by atoms with Gasteiger partial charge < -0.3 is 9.53 Å². The van der Waals surface area contributed by atoms with E-state index < -0.39 is 16.4 Å². The molecule has 17 heavy (non-hydrogen) atoms. The number of ether oxygens (including phenoxy) is 1. The van der Waals surface area contributed by atoms with Gasteiger partial charge in [-0.1, -0.05) is 15.9 Å². The largest absolute Gasteiger partial charge is 0.434 e. The zero-order valence-electron chi connectivity index (χ0n) is 8.18. The lowest BCUT2D eigenvalue weighted by molar-refractivity contribution is -0.384. The zero-order valence-corrected chi connectivity index (χ0v) is 9.76. The van der Waals surface area contributed by atoms with Crippen LogP contribution in [-0.2, 0) is 4.79 Å².